The van der Waals surface area contributed by atoms with Crippen molar-refractivity contribution in [2.45, 2.75) is 12.1 Å². The summed E-state index contributed by atoms with van der Waals surface area (Å²) in [5, 5.41) is 5.27. The lowest BCUT2D eigenvalue weighted by molar-refractivity contribution is 0.513. The van der Waals surface area contributed by atoms with Gasteiger partial charge in [-0.3, -0.25) is 14.6 Å². The van der Waals surface area contributed by atoms with Crippen LogP contribution in [0.4, 0.5) is 0 Å². The summed E-state index contributed by atoms with van der Waals surface area (Å²) in [6.45, 7) is 0. The molecule has 0 fully saturated rings. The highest BCUT2D eigenvalue weighted by Crippen LogP contribution is 2.47. The van der Waals surface area contributed by atoms with Crippen molar-refractivity contribution in [3.63, 3.8) is 0 Å². The normalized spacial score (nSPS) is 13.5. The summed E-state index contributed by atoms with van der Waals surface area (Å²) in [6, 6.07) is 56.4. The van der Waals surface area contributed by atoms with Crippen molar-refractivity contribution < 1.29 is 4.57 Å². The largest absolute Gasteiger partial charge is 0.297 e. The number of rotatable bonds is 8. The van der Waals surface area contributed by atoms with E-state index >= 15 is 4.57 Å². The number of hydrogen-bond acceptors (Lipinski definition) is 2. The molecule has 0 heterocycles. The molecule has 0 saturated heterocycles. The number of fused-ring (bicyclic) bond motifs is 3. The topological polar surface area (TPSA) is 41.5 Å². The van der Waals surface area contributed by atoms with Crippen molar-refractivity contribution in [2.24, 2.45) is 4.99 Å². The van der Waals surface area contributed by atoms with Crippen LogP contribution in [-0.2, 0) is 4.57 Å². The van der Waals surface area contributed by atoms with Gasteiger partial charge in [0.2, 0.25) is 7.29 Å². The van der Waals surface area contributed by atoms with Gasteiger partial charge in [-0.25, -0.2) is 0 Å². The molecule has 3 nitrogen and oxygen atoms in total. The van der Waals surface area contributed by atoms with Gasteiger partial charge in [0.05, 0.1) is 17.8 Å². The van der Waals surface area contributed by atoms with Crippen LogP contribution in [0.5, 0.6) is 0 Å². The summed E-state index contributed by atoms with van der Waals surface area (Å²) in [4.78, 5) is 5.61. The van der Waals surface area contributed by atoms with Gasteiger partial charge < -0.3 is 0 Å². The fraction of sp³-hybridized carbons (Fsp3) is 0.0513. The molecule has 0 aliphatic heterocycles. The lowest BCUT2D eigenvalue weighted by Gasteiger charge is -2.32. The zero-order valence-electron chi connectivity index (χ0n) is 23.6. The molecule has 0 amide bonds. The Morgan fingerprint density at radius 1 is 0.442 bits per heavy atom. The Bertz CT molecular complexity index is 1830. The molecule has 1 aliphatic carbocycles. The molecule has 43 heavy (non-hydrogen) atoms. The number of aliphatic imine (C=N–C) groups is 1. The minimum absolute atomic E-state index is 0.376. The number of hydrogen-bond donors (Lipinski definition) is 1. The molecule has 6 aromatic carbocycles. The van der Waals surface area contributed by atoms with Crippen LogP contribution in [0.2, 0.25) is 0 Å². The minimum Gasteiger partial charge on any atom is -0.297 e. The summed E-state index contributed by atoms with van der Waals surface area (Å²) in [7, 11) is -3.32. The van der Waals surface area contributed by atoms with Crippen molar-refractivity contribution in [3.8, 4) is 11.1 Å². The molecule has 6 aromatic rings. The van der Waals surface area contributed by atoms with Crippen LogP contribution in [0.3, 0.4) is 0 Å². The number of nitrogens with zero attached hydrogens (tertiary/aromatic N) is 1. The Morgan fingerprint density at radius 3 is 1.28 bits per heavy atom. The monoisotopic (exact) mass is 574 g/mol. The zero-order valence-corrected chi connectivity index (χ0v) is 24.5. The molecule has 1 N–H and O–H groups in total. The van der Waals surface area contributed by atoms with E-state index in [9.17, 15) is 0 Å². The molecule has 0 aromatic heterocycles. The summed E-state index contributed by atoms with van der Waals surface area (Å²) < 4.78 is 15.4. The highest BCUT2D eigenvalue weighted by atomic mass is 31.2. The summed E-state index contributed by atoms with van der Waals surface area (Å²) in [6.07, 6.45) is 0. The Balaban J connectivity index is 1.46. The average molecular weight is 575 g/mol. The SMILES string of the molecule is O=P(N[C@H](c1ccccc1)[C@H](N=C1c2ccccc2-c2ccccc21)c1ccccc1)(c1ccccc1)c1ccccc1. The van der Waals surface area contributed by atoms with Crippen molar-refractivity contribution in [1.29, 1.82) is 0 Å². The second kappa shape index (κ2) is 11.8. The van der Waals surface area contributed by atoms with E-state index in [1.165, 1.54) is 11.1 Å². The third-order valence-electron chi connectivity index (χ3n) is 8.10. The van der Waals surface area contributed by atoms with Gasteiger partial charge in [-0.05, 0) is 46.5 Å². The first kappa shape index (κ1) is 27.0. The van der Waals surface area contributed by atoms with E-state index in [0.29, 0.717) is 0 Å². The molecular weight excluding hydrogens is 543 g/mol. The summed E-state index contributed by atoms with van der Waals surface area (Å²) in [5.74, 6) is 0. The predicted octanol–water partition coefficient (Wildman–Crippen LogP) is 8.51. The molecule has 4 heteroatoms. The van der Waals surface area contributed by atoms with E-state index < -0.39 is 13.3 Å². The van der Waals surface area contributed by atoms with Crippen LogP contribution in [0.25, 0.3) is 11.1 Å². The quantitative estimate of drug-likeness (QED) is 0.185. The molecule has 2 atom stereocenters. The molecule has 0 saturated carbocycles. The van der Waals surface area contributed by atoms with E-state index in [-0.39, 0.29) is 6.04 Å². The molecule has 0 spiro atoms. The minimum atomic E-state index is -3.32. The van der Waals surface area contributed by atoms with E-state index in [1.54, 1.807) is 0 Å². The fourth-order valence-corrected chi connectivity index (χ4v) is 8.48. The van der Waals surface area contributed by atoms with Crippen molar-refractivity contribution in [2.75, 3.05) is 0 Å². The molecule has 0 bridgehead atoms. The molecular formula is C39H31N2OP. The smallest absolute Gasteiger partial charge is 0.205 e. The van der Waals surface area contributed by atoms with Crippen LogP contribution >= 0.6 is 7.29 Å². The van der Waals surface area contributed by atoms with Gasteiger partial charge >= 0.3 is 0 Å². The van der Waals surface area contributed by atoms with Crippen molar-refractivity contribution in [3.05, 3.63) is 192 Å². The maximum atomic E-state index is 15.4. The average Bonchev–Trinajstić information content (AvgIpc) is 3.41. The van der Waals surface area contributed by atoms with Crippen LogP contribution in [0, 0.1) is 0 Å². The van der Waals surface area contributed by atoms with E-state index in [2.05, 4.69) is 90.0 Å². The first-order valence-electron chi connectivity index (χ1n) is 14.6. The van der Waals surface area contributed by atoms with Gasteiger partial charge in [-0.2, -0.15) is 0 Å². The summed E-state index contributed by atoms with van der Waals surface area (Å²) >= 11 is 0. The van der Waals surface area contributed by atoms with Crippen LogP contribution in [0.15, 0.2) is 175 Å². The van der Waals surface area contributed by atoms with Crippen LogP contribution in [-0.4, -0.2) is 5.71 Å². The fourth-order valence-electron chi connectivity index (χ4n) is 6.02. The Morgan fingerprint density at radius 2 is 0.814 bits per heavy atom. The maximum Gasteiger partial charge on any atom is 0.205 e. The van der Waals surface area contributed by atoms with Crippen molar-refractivity contribution >= 4 is 23.6 Å². The Labute approximate surface area is 253 Å². The van der Waals surface area contributed by atoms with Gasteiger partial charge in [0.1, 0.15) is 0 Å². The summed E-state index contributed by atoms with van der Waals surface area (Å²) in [5.41, 5.74) is 7.63. The molecule has 7 rings (SSSR count). The van der Waals surface area contributed by atoms with Crippen LogP contribution < -0.4 is 15.7 Å². The van der Waals surface area contributed by atoms with Gasteiger partial charge in [-0.15, -0.1) is 0 Å². The standard InChI is InChI=1S/C39H31N2OP/c42-43(31-21-9-3-10-22-31,32-23-11-4-12-24-32)41-38(30-19-7-2-8-20-30)37(29-17-5-1-6-18-29)40-39-35-27-15-13-25-33(35)34-26-14-16-28-36(34)39/h1-28,37-38H,(H,41,42)/t37-,38-/m1/s1. The van der Waals surface area contributed by atoms with Crippen molar-refractivity contribution in [1.82, 2.24) is 5.09 Å². The van der Waals surface area contributed by atoms with Gasteiger partial charge in [0.15, 0.2) is 0 Å². The van der Waals surface area contributed by atoms with Gasteiger partial charge in [0, 0.05) is 21.7 Å². The number of benzene rings is 6. The highest BCUT2D eigenvalue weighted by molar-refractivity contribution is 7.76. The zero-order chi connectivity index (χ0) is 29.1. The Kier molecular flexibility index (Phi) is 7.43. The number of nitrogens with one attached hydrogen (secondary N) is 1. The highest BCUT2D eigenvalue weighted by Gasteiger charge is 2.36. The van der Waals surface area contributed by atoms with Crippen LogP contribution in [0.1, 0.15) is 34.3 Å². The predicted molar refractivity (Wildman–Crippen MR) is 179 cm³/mol. The van der Waals surface area contributed by atoms with E-state index in [0.717, 1.165) is 38.6 Å². The third-order valence-corrected chi connectivity index (χ3v) is 10.8. The molecule has 1 aliphatic rings. The lowest BCUT2D eigenvalue weighted by atomic mass is 9.94. The molecule has 0 radical (unpaired) electrons. The molecule has 208 valence electrons. The van der Waals surface area contributed by atoms with Gasteiger partial charge in [0.25, 0.3) is 0 Å². The van der Waals surface area contributed by atoms with Gasteiger partial charge in [-0.1, -0.05) is 146 Å². The first-order chi connectivity index (χ1) is 21.2. The third kappa shape index (κ3) is 5.19. The second-order valence-electron chi connectivity index (χ2n) is 10.7. The van der Waals surface area contributed by atoms with E-state index in [4.69, 9.17) is 4.99 Å². The Hall–Kier alpha value is -4.82. The van der Waals surface area contributed by atoms with E-state index in [1.807, 2.05) is 84.9 Å². The molecule has 0 unspecified atom stereocenters. The second-order valence-corrected chi connectivity index (χ2v) is 13.2. The lowest BCUT2D eigenvalue weighted by Crippen LogP contribution is -2.33. The first-order valence-corrected chi connectivity index (χ1v) is 16.3. The maximum absolute atomic E-state index is 15.4.